The van der Waals surface area contributed by atoms with Gasteiger partial charge in [0.25, 0.3) is 5.91 Å². The minimum Gasteiger partial charge on any atom is -0.459 e. The van der Waals surface area contributed by atoms with Crippen LogP contribution in [0.25, 0.3) is 11.4 Å². The first-order chi connectivity index (χ1) is 10.6. The summed E-state index contributed by atoms with van der Waals surface area (Å²) in [4.78, 5) is 29.6. The number of nitrogens with zero attached hydrogens (tertiary/aromatic N) is 2. The molecule has 2 N–H and O–H groups in total. The van der Waals surface area contributed by atoms with E-state index in [-0.39, 0.29) is 23.1 Å². The maximum absolute atomic E-state index is 11.9. The van der Waals surface area contributed by atoms with Crippen LogP contribution in [0.4, 0.5) is 0 Å². The average molecular weight is 300 g/mol. The molecule has 3 heterocycles. The van der Waals surface area contributed by atoms with Crippen molar-refractivity contribution in [1.29, 1.82) is 0 Å². The summed E-state index contributed by atoms with van der Waals surface area (Å²) in [6, 6.07) is 5.65. The molecular weight excluding hydrogens is 288 g/mol. The van der Waals surface area contributed by atoms with Crippen molar-refractivity contribution in [2.45, 2.75) is 13.0 Å². The van der Waals surface area contributed by atoms with Gasteiger partial charge in [0.2, 0.25) is 17.3 Å². The third-order valence-corrected chi connectivity index (χ3v) is 2.95. The van der Waals surface area contributed by atoms with Gasteiger partial charge in [0, 0.05) is 17.8 Å². The van der Waals surface area contributed by atoms with E-state index >= 15 is 0 Å². The number of amides is 1. The van der Waals surface area contributed by atoms with Crippen molar-refractivity contribution in [2.75, 3.05) is 0 Å². The van der Waals surface area contributed by atoms with Gasteiger partial charge in [0.15, 0.2) is 5.76 Å². The zero-order valence-corrected chi connectivity index (χ0v) is 11.6. The third kappa shape index (κ3) is 2.80. The molecule has 1 atom stereocenters. The quantitative estimate of drug-likeness (QED) is 0.754. The summed E-state index contributed by atoms with van der Waals surface area (Å²) in [5, 5.41) is 6.51. The molecule has 112 valence electrons. The van der Waals surface area contributed by atoms with E-state index in [0.29, 0.717) is 11.4 Å². The van der Waals surface area contributed by atoms with Crippen LogP contribution in [0.5, 0.6) is 0 Å². The van der Waals surface area contributed by atoms with Gasteiger partial charge in [-0.15, -0.1) is 0 Å². The Morgan fingerprint density at radius 1 is 1.36 bits per heavy atom. The Morgan fingerprint density at radius 3 is 2.91 bits per heavy atom. The molecule has 0 saturated heterocycles. The van der Waals surface area contributed by atoms with Crippen LogP contribution in [-0.2, 0) is 0 Å². The first kappa shape index (κ1) is 13.8. The van der Waals surface area contributed by atoms with Gasteiger partial charge in [0.1, 0.15) is 6.04 Å². The Morgan fingerprint density at radius 2 is 2.23 bits per heavy atom. The largest absolute Gasteiger partial charge is 0.459 e. The van der Waals surface area contributed by atoms with Crippen LogP contribution in [0, 0.1) is 0 Å². The predicted molar refractivity (Wildman–Crippen MR) is 74.9 cm³/mol. The molecule has 0 spiro atoms. The molecule has 0 saturated carbocycles. The second-order valence-electron chi connectivity index (χ2n) is 4.57. The number of nitrogens with one attached hydrogen (secondary N) is 2. The number of H-pyrrole nitrogens is 1. The summed E-state index contributed by atoms with van der Waals surface area (Å²) >= 11 is 0. The summed E-state index contributed by atoms with van der Waals surface area (Å²) in [6.45, 7) is 1.71. The molecule has 0 aliphatic heterocycles. The van der Waals surface area contributed by atoms with Crippen molar-refractivity contribution in [2.24, 2.45) is 0 Å². The number of furan rings is 1. The van der Waals surface area contributed by atoms with Crippen LogP contribution in [0.1, 0.15) is 29.4 Å². The fourth-order valence-corrected chi connectivity index (χ4v) is 1.82. The molecular formula is C14H12N4O4. The molecule has 22 heavy (non-hydrogen) atoms. The first-order valence-corrected chi connectivity index (χ1v) is 6.50. The first-order valence-electron chi connectivity index (χ1n) is 6.50. The van der Waals surface area contributed by atoms with Gasteiger partial charge >= 0.3 is 0 Å². The molecule has 1 amide bonds. The molecule has 0 aliphatic rings. The van der Waals surface area contributed by atoms with Gasteiger partial charge in [-0.25, -0.2) is 0 Å². The highest BCUT2D eigenvalue weighted by molar-refractivity contribution is 5.91. The SMILES string of the molecule is C[C@H](NC(=O)c1ccco1)c1nc(-c2ccc(=O)[nH]c2)no1. The summed E-state index contributed by atoms with van der Waals surface area (Å²) in [5.74, 6) is 0.403. The van der Waals surface area contributed by atoms with Crippen LogP contribution in [-0.4, -0.2) is 21.0 Å². The summed E-state index contributed by atoms with van der Waals surface area (Å²) in [7, 11) is 0. The molecule has 3 aromatic heterocycles. The van der Waals surface area contributed by atoms with Gasteiger partial charge in [-0.1, -0.05) is 5.16 Å². The lowest BCUT2D eigenvalue weighted by Gasteiger charge is -2.07. The molecule has 0 bridgehead atoms. The number of hydrogen-bond acceptors (Lipinski definition) is 6. The van der Waals surface area contributed by atoms with Crippen molar-refractivity contribution < 1.29 is 13.7 Å². The standard InChI is InChI=1S/C14H12N4O4/c1-8(16-13(20)10-3-2-6-21-10)14-17-12(18-22-14)9-4-5-11(19)15-7-9/h2-8H,1H3,(H,15,19)(H,16,20)/t8-/m0/s1. The van der Waals surface area contributed by atoms with E-state index in [1.165, 1.54) is 18.5 Å². The van der Waals surface area contributed by atoms with E-state index in [0.717, 1.165) is 0 Å². The van der Waals surface area contributed by atoms with Gasteiger partial charge in [-0.05, 0) is 25.1 Å². The molecule has 8 nitrogen and oxygen atoms in total. The topological polar surface area (TPSA) is 114 Å². The van der Waals surface area contributed by atoms with E-state index < -0.39 is 6.04 Å². The number of carbonyl (C=O) groups is 1. The number of rotatable bonds is 4. The van der Waals surface area contributed by atoms with Gasteiger partial charge in [0.05, 0.1) is 6.26 Å². The highest BCUT2D eigenvalue weighted by Crippen LogP contribution is 2.17. The third-order valence-electron chi connectivity index (χ3n) is 2.95. The second kappa shape index (κ2) is 5.68. The molecule has 0 aliphatic carbocycles. The fourth-order valence-electron chi connectivity index (χ4n) is 1.82. The molecule has 8 heteroatoms. The molecule has 3 rings (SSSR count). The smallest absolute Gasteiger partial charge is 0.287 e. The Hall–Kier alpha value is -3.16. The number of aromatic amines is 1. The highest BCUT2D eigenvalue weighted by Gasteiger charge is 2.19. The van der Waals surface area contributed by atoms with Gasteiger partial charge in [-0.2, -0.15) is 4.98 Å². The number of aromatic nitrogens is 3. The molecule has 0 fully saturated rings. The van der Waals surface area contributed by atoms with Crippen LogP contribution < -0.4 is 10.9 Å². The van der Waals surface area contributed by atoms with Crippen molar-refractivity contribution >= 4 is 5.91 Å². The number of carbonyl (C=O) groups excluding carboxylic acids is 1. The molecule has 0 unspecified atom stereocenters. The lowest BCUT2D eigenvalue weighted by molar-refractivity contribution is 0.0904. The lowest BCUT2D eigenvalue weighted by Crippen LogP contribution is -2.26. The minimum atomic E-state index is -0.485. The zero-order valence-electron chi connectivity index (χ0n) is 11.6. The Labute approximate surface area is 124 Å². The fraction of sp³-hybridized carbons (Fsp3) is 0.143. The summed E-state index contributed by atoms with van der Waals surface area (Å²) < 4.78 is 10.1. The van der Waals surface area contributed by atoms with Crippen LogP contribution in [0.3, 0.4) is 0 Å². The monoisotopic (exact) mass is 300 g/mol. The van der Waals surface area contributed by atoms with E-state index in [2.05, 4.69) is 20.4 Å². The summed E-state index contributed by atoms with van der Waals surface area (Å²) in [5.41, 5.74) is 0.394. The highest BCUT2D eigenvalue weighted by atomic mass is 16.5. The minimum absolute atomic E-state index is 0.201. The summed E-state index contributed by atoms with van der Waals surface area (Å²) in [6.07, 6.45) is 2.91. The lowest BCUT2D eigenvalue weighted by atomic mass is 10.2. The van der Waals surface area contributed by atoms with Crippen molar-refractivity contribution in [1.82, 2.24) is 20.4 Å². The van der Waals surface area contributed by atoms with Crippen LogP contribution in [0.2, 0.25) is 0 Å². The van der Waals surface area contributed by atoms with Crippen molar-refractivity contribution in [3.63, 3.8) is 0 Å². The maximum Gasteiger partial charge on any atom is 0.287 e. The second-order valence-corrected chi connectivity index (χ2v) is 4.57. The Balaban J connectivity index is 1.74. The van der Waals surface area contributed by atoms with Crippen molar-refractivity contribution in [3.05, 3.63) is 58.7 Å². The normalized spacial score (nSPS) is 12.0. The Bertz CT molecular complexity index is 814. The van der Waals surface area contributed by atoms with Crippen LogP contribution >= 0.6 is 0 Å². The average Bonchev–Trinajstić information content (AvgIpc) is 3.20. The molecule has 3 aromatic rings. The maximum atomic E-state index is 11.9. The van der Waals surface area contributed by atoms with E-state index in [4.69, 9.17) is 8.94 Å². The number of hydrogen-bond donors (Lipinski definition) is 2. The van der Waals surface area contributed by atoms with E-state index in [9.17, 15) is 9.59 Å². The molecule has 0 radical (unpaired) electrons. The van der Waals surface area contributed by atoms with Crippen LogP contribution in [0.15, 0.2) is 50.5 Å². The van der Waals surface area contributed by atoms with E-state index in [1.807, 2.05) is 0 Å². The van der Waals surface area contributed by atoms with E-state index in [1.54, 1.807) is 25.1 Å². The van der Waals surface area contributed by atoms with Crippen molar-refractivity contribution in [3.8, 4) is 11.4 Å². The van der Waals surface area contributed by atoms with Gasteiger partial charge < -0.3 is 19.2 Å². The number of pyridine rings is 1. The zero-order chi connectivity index (χ0) is 15.5. The Kier molecular flexibility index (Phi) is 3.57. The molecule has 0 aromatic carbocycles. The predicted octanol–water partition coefficient (Wildman–Crippen LogP) is 1.51. The van der Waals surface area contributed by atoms with Gasteiger partial charge in [-0.3, -0.25) is 9.59 Å².